The third-order valence-electron chi connectivity index (χ3n) is 3.42. The van der Waals surface area contributed by atoms with Gasteiger partial charge in [-0.1, -0.05) is 29.8 Å². The van der Waals surface area contributed by atoms with Gasteiger partial charge in [0.25, 0.3) is 0 Å². The Balaban J connectivity index is 1.68. The molecule has 0 atom stereocenters. The molecule has 23 heavy (non-hydrogen) atoms. The normalized spacial score (nSPS) is 10.5. The third-order valence-corrected chi connectivity index (χ3v) is 4.27. The number of carbonyl (C=O) groups excluding carboxylic acids is 1. The summed E-state index contributed by atoms with van der Waals surface area (Å²) < 4.78 is 0. The van der Waals surface area contributed by atoms with Crippen LogP contribution in [0.5, 0.6) is 0 Å². The predicted octanol–water partition coefficient (Wildman–Crippen LogP) is 3.88. The van der Waals surface area contributed by atoms with Crippen molar-refractivity contribution in [3.8, 4) is 11.1 Å². The van der Waals surface area contributed by atoms with E-state index in [2.05, 4.69) is 10.3 Å². The zero-order valence-corrected chi connectivity index (χ0v) is 13.6. The molecule has 0 fully saturated rings. The second-order valence-corrected chi connectivity index (χ2v) is 6.29. The van der Waals surface area contributed by atoms with Crippen LogP contribution in [0.1, 0.15) is 11.1 Å². The van der Waals surface area contributed by atoms with E-state index in [1.54, 1.807) is 6.20 Å². The Labute approximate surface area is 139 Å². The lowest BCUT2D eigenvalue weighted by molar-refractivity contribution is -0.115. The molecule has 116 valence electrons. The van der Waals surface area contributed by atoms with Crippen molar-refractivity contribution in [2.75, 3.05) is 11.1 Å². The molecule has 0 unspecified atom stereocenters. The van der Waals surface area contributed by atoms with Crippen molar-refractivity contribution in [1.82, 2.24) is 4.98 Å². The molecule has 3 aromatic rings. The zero-order chi connectivity index (χ0) is 16.2. The standard InChI is InChI=1S/C18H17N3OS/c1-12-3-2-4-13(7-12)8-17(22)21-18-10-15(11-23-18)14-5-6-20-16(19)9-14/h2-7,9-11H,8H2,1H3,(H2,19,20)(H,21,22). The van der Waals surface area contributed by atoms with Gasteiger partial charge in [0.2, 0.25) is 5.91 Å². The highest BCUT2D eigenvalue weighted by molar-refractivity contribution is 7.14. The Morgan fingerprint density at radius 3 is 2.87 bits per heavy atom. The first-order valence-corrected chi connectivity index (χ1v) is 8.14. The third kappa shape index (κ3) is 3.96. The summed E-state index contributed by atoms with van der Waals surface area (Å²) in [6.45, 7) is 2.02. The number of nitrogens with two attached hydrogens (primary N) is 1. The molecule has 1 aromatic carbocycles. The first-order valence-electron chi connectivity index (χ1n) is 7.26. The number of carbonyl (C=O) groups is 1. The van der Waals surface area contributed by atoms with Gasteiger partial charge in [0.1, 0.15) is 5.82 Å². The average molecular weight is 323 g/mol. The maximum absolute atomic E-state index is 12.2. The summed E-state index contributed by atoms with van der Waals surface area (Å²) in [7, 11) is 0. The lowest BCUT2D eigenvalue weighted by atomic mass is 10.1. The highest BCUT2D eigenvalue weighted by atomic mass is 32.1. The summed E-state index contributed by atoms with van der Waals surface area (Å²) >= 11 is 1.50. The van der Waals surface area contributed by atoms with Crippen LogP contribution in [0.2, 0.25) is 0 Å². The summed E-state index contributed by atoms with van der Waals surface area (Å²) in [4.78, 5) is 16.1. The molecule has 0 radical (unpaired) electrons. The first-order chi connectivity index (χ1) is 11.1. The van der Waals surface area contributed by atoms with Gasteiger partial charge in [-0.3, -0.25) is 4.79 Å². The number of hydrogen-bond donors (Lipinski definition) is 2. The molecular weight excluding hydrogens is 306 g/mol. The van der Waals surface area contributed by atoms with Crippen LogP contribution in [0.3, 0.4) is 0 Å². The summed E-state index contributed by atoms with van der Waals surface area (Å²) in [6.07, 6.45) is 2.05. The number of amides is 1. The Hall–Kier alpha value is -2.66. The summed E-state index contributed by atoms with van der Waals surface area (Å²) in [6, 6.07) is 13.7. The highest BCUT2D eigenvalue weighted by Crippen LogP contribution is 2.29. The summed E-state index contributed by atoms with van der Waals surface area (Å²) in [5.41, 5.74) is 9.89. The number of rotatable bonds is 4. The molecule has 0 aliphatic heterocycles. The van der Waals surface area contributed by atoms with Crippen molar-refractivity contribution < 1.29 is 4.79 Å². The van der Waals surface area contributed by atoms with E-state index < -0.39 is 0 Å². The lowest BCUT2D eigenvalue weighted by Gasteiger charge is -2.03. The zero-order valence-electron chi connectivity index (χ0n) is 12.7. The average Bonchev–Trinajstić information content (AvgIpc) is 2.95. The van der Waals surface area contributed by atoms with Gasteiger partial charge in [-0.05, 0) is 41.8 Å². The van der Waals surface area contributed by atoms with Crippen LogP contribution in [0.15, 0.2) is 54.0 Å². The lowest BCUT2D eigenvalue weighted by Crippen LogP contribution is -2.13. The molecule has 0 saturated carbocycles. The number of nitrogens with zero attached hydrogens (tertiary/aromatic N) is 1. The number of anilines is 2. The van der Waals surface area contributed by atoms with Crippen molar-refractivity contribution in [2.45, 2.75) is 13.3 Å². The quantitative estimate of drug-likeness (QED) is 0.765. The van der Waals surface area contributed by atoms with Gasteiger partial charge in [0, 0.05) is 11.6 Å². The molecule has 2 heterocycles. The largest absolute Gasteiger partial charge is 0.384 e. The molecule has 0 bridgehead atoms. The Morgan fingerprint density at radius 1 is 1.22 bits per heavy atom. The number of aromatic nitrogens is 1. The molecule has 4 nitrogen and oxygen atoms in total. The van der Waals surface area contributed by atoms with Gasteiger partial charge in [-0.25, -0.2) is 4.98 Å². The fourth-order valence-electron chi connectivity index (χ4n) is 2.37. The van der Waals surface area contributed by atoms with E-state index in [0.29, 0.717) is 12.2 Å². The Morgan fingerprint density at radius 2 is 2.09 bits per heavy atom. The van der Waals surface area contributed by atoms with E-state index >= 15 is 0 Å². The van der Waals surface area contributed by atoms with Crippen LogP contribution in [0.25, 0.3) is 11.1 Å². The molecule has 0 saturated heterocycles. The molecule has 5 heteroatoms. The van der Waals surface area contributed by atoms with Gasteiger partial charge in [-0.15, -0.1) is 11.3 Å². The van der Waals surface area contributed by atoms with Crippen LogP contribution in [-0.2, 0) is 11.2 Å². The van der Waals surface area contributed by atoms with Crippen molar-refractivity contribution >= 4 is 28.1 Å². The molecule has 0 spiro atoms. The van der Waals surface area contributed by atoms with Gasteiger partial charge >= 0.3 is 0 Å². The fraction of sp³-hybridized carbons (Fsp3) is 0.111. The number of pyridine rings is 1. The first kappa shape index (κ1) is 15.2. The fourth-order valence-corrected chi connectivity index (χ4v) is 3.20. The van der Waals surface area contributed by atoms with Gasteiger partial charge in [-0.2, -0.15) is 0 Å². The van der Waals surface area contributed by atoms with Crippen LogP contribution < -0.4 is 11.1 Å². The number of hydrogen-bond acceptors (Lipinski definition) is 4. The second kappa shape index (κ2) is 6.62. The number of benzene rings is 1. The monoisotopic (exact) mass is 323 g/mol. The summed E-state index contributed by atoms with van der Waals surface area (Å²) in [5, 5.41) is 5.77. The van der Waals surface area contributed by atoms with Crippen LogP contribution >= 0.6 is 11.3 Å². The van der Waals surface area contributed by atoms with E-state index in [4.69, 9.17) is 5.73 Å². The number of aryl methyl sites for hydroxylation is 1. The molecular formula is C18H17N3OS. The maximum Gasteiger partial charge on any atom is 0.229 e. The number of nitrogens with one attached hydrogen (secondary N) is 1. The molecule has 3 N–H and O–H groups in total. The molecule has 1 amide bonds. The van der Waals surface area contributed by atoms with E-state index in [1.807, 2.05) is 54.8 Å². The minimum atomic E-state index is -0.0155. The molecule has 0 aliphatic carbocycles. The van der Waals surface area contributed by atoms with Crippen molar-refractivity contribution in [1.29, 1.82) is 0 Å². The van der Waals surface area contributed by atoms with E-state index in [-0.39, 0.29) is 5.91 Å². The van der Waals surface area contributed by atoms with Crippen LogP contribution in [-0.4, -0.2) is 10.9 Å². The summed E-state index contributed by atoms with van der Waals surface area (Å²) in [5.74, 6) is 0.469. The second-order valence-electron chi connectivity index (χ2n) is 5.38. The Bertz CT molecular complexity index is 842. The van der Waals surface area contributed by atoms with Crippen molar-refractivity contribution in [3.63, 3.8) is 0 Å². The van der Waals surface area contributed by atoms with Gasteiger partial charge < -0.3 is 11.1 Å². The van der Waals surface area contributed by atoms with Crippen LogP contribution in [0.4, 0.5) is 10.8 Å². The smallest absolute Gasteiger partial charge is 0.229 e. The number of nitrogen functional groups attached to an aromatic ring is 1. The topological polar surface area (TPSA) is 68.0 Å². The molecule has 2 aromatic heterocycles. The molecule has 0 aliphatic rings. The predicted molar refractivity (Wildman–Crippen MR) is 95.5 cm³/mol. The van der Waals surface area contributed by atoms with E-state index in [1.165, 1.54) is 11.3 Å². The highest BCUT2D eigenvalue weighted by Gasteiger charge is 2.08. The minimum absolute atomic E-state index is 0.0155. The van der Waals surface area contributed by atoms with Crippen molar-refractivity contribution in [3.05, 3.63) is 65.2 Å². The van der Waals surface area contributed by atoms with Gasteiger partial charge in [0.05, 0.1) is 11.4 Å². The van der Waals surface area contributed by atoms with E-state index in [0.717, 1.165) is 27.3 Å². The molecule has 3 rings (SSSR count). The SMILES string of the molecule is Cc1cccc(CC(=O)Nc2cc(-c3ccnc(N)c3)cs2)c1. The van der Waals surface area contributed by atoms with Crippen LogP contribution in [0, 0.1) is 6.92 Å². The minimum Gasteiger partial charge on any atom is -0.384 e. The Kier molecular flexibility index (Phi) is 4.39. The maximum atomic E-state index is 12.2. The van der Waals surface area contributed by atoms with Gasteiger partial charge in [0.15, 0.2) is 0 Å². The number of thiophene rings is 1. The van der Waals surface area contributed by atoms with E-state index in [9.17, 15) is 4.79 Å². The van der Waals surface area contributed by atoms with Crippen molar-refractivity contribution in [2.24, 2.45) is 0 Å².